The maximum absolute atomic E-state index is 5.41. The van der Waals surface area contributed by atoms with Gasteiger partial charge in [-0.1, -0.05) is 0 Å². The fraction of sp³-hybridized carbons (Fsp3) is 0.417. The lowest BCUT2D eigenvalue weighted by Gasteiger charge is -2.09. The first-order valence-electron chi connectivity index (χ1n) is 5.50. The van der Waals surface area contributed by atoms with E-state index in [1.807, 2.05) is 18.5 Å². The fourth-order valence-corrected chi connectivity index (χ4v) is 2.83. The average Bonchev–Trinajstić information content (AvgIpc) is 2.90. The van der Waals surface area contributed by atoms with E-state index < -0.39 is 0 Å². The standard InChI is InChI=1S/C12H13BrN2O/c13-11-7-15(6-9-2-4-16-8-9)12-5-14-3-1-10(11)12/h1,3,5,7,9H,2,4,6,8H2. The van der Waals surface area contributed by atoms with Crippen LogP contribution in [0.5, 0.6) is 0 Å². The minimum Gasteiger partial charge on any atom is -0.381 e. The molecule has 16 heavy (non-hydrogen) atoms. The number of ether oxygens (including phenoxy) is 1. The molecular formula is C12H13BrN2O. The van der Waals surface area contributed by atoms with Gasteiger partial charge in [0.15, 0.2) is 0 Å². The van der Waals surface area contributed by atoms with Gasteiger partial charge in [0.25, 0.3) is 0 Å². The molecule has 0 bridgehead atoms. The number of nitrogens with zero attached hydrogens (tertiary/aromatic N) is 2. The smallest absolute Gasteiger partial charge is 0.0678 e. The van der Waals surface area contributed by atoms with Gasteiger partial charge in [-0.3, -0.25) is 4.98 Å². The first-order chi connectivity index (χ1) is 7.84. The van der Waals surface area contributed by atoms with Crippen molar-refractivity contribution in [2.75, 3.05) is 13.2 Å². The molecule has 0 saturated carbocycles. The van der Waals surface area contributed by atoms with Gasteiger partial charge in [0, 0.05) is 41.3 Å². The molecule has 3 rings (SSSR count). The van der Waals surface area contributed by atoms with E-state index in [4.69, 9.17) is 4.74 Å². The molecule has 0 aliphatic carbocycles. The van der Waals surface area contributed by atoms with Gasteiger partial charge in [0.2, 0.25) is 0 Å². The van der Waals surface area contributed by atoms with Crippen LogP contribution in [0.4, 0.5) is 0 Å². The molecule has 4 heteroatoms. The maximum atomic E-state index is 5.41. The van der Waals surface area contributed by atoms with Crippen molar-refractivity contribution in [2.45, 2.75) is 13.0 Å². The van der Waals surface area contributed by atoms with Crippen molar-refractivity contribution in [3.05, 3.63) is 29.1 Å². The van der Waals surface area contributed by atoms with E-state index in [9.17, 15) is 0 Å². The lowest BCUT2D eigenvalue weighted by molar-refractivity contribution is 0.183. The summed E-state index contributed by atoms with van der Waals surface area (Å²) >= 11 is 3.59. The highest BCUT2D eigenvalue weighted by Gasteiger charge is 2.17. The molecular weight excluding hydrogens is 268 g/mol. The van der Waals surface area contributed by atoms with Gasteiger partial charge in [-0.05, 0) is 28.4 Å². The summed E-state index contributed by atoms with van der Waals surface area (Å²) in [6.45, 7) is 2.81. The predicted octanol–water partition coefficient (Wildman–Crippen LogP) is 2.84. The zero-order chi connectivity index (χ0) is 11.0. The third kappa shape index (κ3) is 1.76. The highest BCUT2D eigenvalue weighted by molar-refractivity contribution is 9.10. The first-order valence-corrected chi connectivity index (χ1v) is 6.30. The third-order valence-electron chi connectivity index (χ3n) is 3.11. The van der Waals surface area contributed by atoms with Crippen molar-refractivity contribution in [2.24, 2.45) is 5.92 Å². The van der Waals surface area contributed by atoms with Crippen LogP contribution in [0.15, 0.2) is 29.1 Å². The molecule has 1 aliphatic heterocycles. The van der Waals surface area contributed by atoms with Crippen molar-refractivity contribution in [1.82, 2.24) is 9.55 Å². The van der Waals surface area contributed by atoms with Gasteiger partial charge >= 0.3 is 0 Å². The maximum Gasteiger partial charge on any atom is 0.0678 e. The van der Waals surface area contributed by atoms with Crippen LogP contribution in [0.25, 0.3) is 10.9 Å². The molecule has 84 valence electrons. The summed E-state index contributed by atoms with van der Waals surface area (Å²) in [6.07, 6.45) is 7.06. The molecule has 2 aromatic heterocycles. The average molecular weight is 281 g/mol. The van der Waals surface area contributed by atoms with Crippen LogP contribution in [-0.4, -0.2) is 22.8 Å². The quantitative estimate of drug-likeness (QED) is 0.846. The predicted molar refractivity (Wildman–Crippen MR) is 66.4 cm³/mol. The van der Waals surface area contributed by atoms with Crippen LogP contribution in [0.1, 0.15) is 6.42 Å². The summed E-state index contributed by atoms with van der Waals surface area (Å²) in [5.41, 5.74) is 1.20. The Morgan fingerprint density at radius 2 is 2.50 bits per heavy atom. The molecule has 1 aliphatic rings. The molecule has 3 nitrogen and oxygen atoms in total. The lowest BCUT2D eigenvalue weighted by atomic mass is 10.1. The number of hydrogen-bond donors (Lipinski definition) is 0. The van der Waals surface area contributed by atoms with Crippen LogP contribution in [0.2, 0.25) is 0 Å². The third-order valence-corrected chi connectivity index (χ3v) is 3.75. The van der Waals surface area contributed by atoms with E-state index in [2.05, 4.69) is 31.7 Å². The van der Waals surface area contributed by atoms with Crippen LogP contribution < -0.4 is 0 Å². The van der Waals surface area contributed by atoms with E-state index in [1.54, 1.807) is 0 Å². The van der Waals surface area contributed by atoms with Crippen LogP contribution >= 0.6 is 15.9 Å². The SMILES string of the molecule is Brc1cn(CC2CCOC2)c2cnccc12. The Balaban J connectivity index is 1.96. The molecule has 0 radical (unpaired) electrons. The molecule has 1 atom stereocenters. The Morgan fingerprint density at radius 1 is 1.56 bits per heavy atom. The van der Waals surface area contributed by atoms with E-state index in [0.717, 1.165) is 30.7 Å². The number of hydrogen-bond acceptors (Lipinski definition) is 2. The summed E-state index contributed by atoms with van der Waals surface area (Å²) in [5, 5.41) is 1.23. The number of halogens is 1. The van der Waals surface area contributed by atoms with E-state index in [-0.39, 0.29) is 0 Å². The highest BCUT2D eigenvalue weighted by Crippen LogP contribution is 2.27. The molecule has 0 amide bonds. The van der Waals surface area contributed by atoms with Crippen LogP contribution in [0.3, 0.4) is 0 Å². The molecule has 0 spiro atoms. The summed E-state index contributed by atoms with van der Waals surface area (Å²) < 4.78 is 8.82. The molecule has 0 aromatic carbocycles. The van der Waals surface area contributed by atoms with Gasteiger partial charge in [0.1, 0.15) is 0 Å². The highest BCUT2D eigenvalue weighted by atomic mass is 79.9. The second kappa shape index (κ2) is 4.18. The fourth-order valence-electron chi connectivity index (χ4n) is 2.25. The normalized spacial score (nSPS) is 20.7. The summed E-state index contributed by atoms with van der Waals surface area (Å²) in [6, 6.07) is 2.04. The van der Waals surface area contributed by atoms with Crippen LogP contribution in [-0.2, 0) is 11.3 Å². The van der Waals surface area contributed by atoms with Gasteiger partial charge < -0.3 is 9.30 Å². The topological polar surface area (TPSA) is 27.1 Å². The van der Waals surface area contributed by atoms with Crippen molar-refractivity contribution in [3.63, 3.8) is 0 Å². The van der Waals surface area contributed by atoms with Crippen molar-refractivity contribution >= 4 is 26.8 Å². The largest absolute Gasteiger partial charge is 0.381 e. The Bertz CT molecular complexity index is 503. The number of pyridine rings is 1. The number of rotatable bonds is 2. The summed E-state index contributed by atoms with van der Waals surface area (Å²) in [4.78, 5) is 4.19. The van der Waals surface area contributed by atoms with E-state index >= 15 is 0 Å². The zero-order valence-corrected chi connectivity index (χ0v) is 10.5. The van der Waals surface area contributed by atoms with Gasteiger partial charge in [0.05, 0.1) is 18.3 Å². The summed E-state index contributed by atoms with van der Waals surface area (Å²) in [5.74, 6) is 0.641. The van der Waals surface area contributed by atoms with Crippen LogP contribution in [0, 0.1) is 5.92 Å². The Labute approximate surface area is 103 Å². The van der Waals surface area contributed by atoms with Gasteiger partial charge in [-0.2, -0.15) is 0 Å². The monoisotopic (exact) mass is 280 g/mol. The van der Waals surface area contributed by atoms with Gasteiger partial charge in [-0.25, -0.2) is 0 Å². The second-order valence-electron chi connectivity index (χ2n) is 4.25. The second-order valence-corrected chi connectivity index (χ2v) is 5.11. The molecule has 2 aromatic rings. The van der Waals surface area contributed by atoms with Crippen molar-refractivity contribution in [1.29, 1.82) is 0 Å². The molecule has 0 N–H and O–H groups in total. The number of fused-ring (bicyclic) bond motifs is 1. The molecule has 3 heterocycles. The van der Waals surface area contributed by atoms with Crippen molar-refractivity contribution < 1.29 is 4.74 Å². The zero-order valence-electron chi connectivity index (χ0n) is 8.90. The minimum absolute atomic E-state index is 0.641. The Hall–Kier alpha value is -0.870. The van der Waals surface area contributed by atoms with Gasteiger partial charge in [-0.15, -0.1) is 0 Å². The first kappa shape index (κ1) is 10.3. The van der Waals surface area contributed by atoms with E-state index in [1.165, 1.54) is 10.9 Å². The summed E-state index contributed by atoms with van der Waals surface area (Å²) in [7, 11) is 0. The molecule has 1 fully saturated rings. The molecule has 1 saturated heterocycles. The van der Waals surface area contributed by atoms with Crippen molar-refractivity contribution in [3.8, 4) is 0 Å². The Morgan fingerprint density at radius 3 is 3.31 bits per heavy atom. The van der Waals surface area contributed by atoms with E-state index in [0.29, 0.717) is 5.92 Å². The minimum atomic E-state index is 0.641. The molecule has 1 unspecified atom stereocenters. The lowest BCUT2D eigenvalue weighted by Crippen LogP contribution is -2.09. The Kier molecular flexibility index (Phi) is 2.69. The number of aromatic nitrogens is 2.